The molecule has 2 aromatic rings. The molecule has 2 rings (SSSR count). The van der Waals surface area contributed by atoms with Crippen LogP contribution in [0, 0.1) is 10.1 Å². The highest BCUT2D eigenvalue weighted by Crippen LogP contribution is 2.28. The monoisotopic (exact) mass is 326 g/mol. The number of nitrogens with zero attached hydrogens (tertiary/aromatic N) is 1. The molecule has 0 saturated carbocycles. The molecule has 0 aliphatic carbocycles. The molecule has 7 heteroatoms. The Labute approximate surface area is 131 Å². The molecular weight excluding hydrogens is 315 g/mol. The second kappa shape index (κ2) is 6.65. The predicted octanol–water partition coefficient (Wildman–Crippen LogP) is 4.52. The zero-order valence-corrected chi connectivity index (χ0v) is 12.6. The predicted molar refractivity (Wildman–Crippen MR) is 83.4 cm³/mol. The second-order valence-electron chi connectivity index (χ2n) is 4.24. The van der Waals surface area contributed by atoms with Crippen molar-refractivity contribution in [2.24, 2.45) is 0 Å². The van der Waals surface area contributed by atoms with Gasteiger partial charge in [0.15, 0.2) is 0 Å². The second-order valence-corrected chi connectivity index (χ2v) is 5.06. The molecule has 0 unspecified atom stereocenters. The minimum atomic E-state index is -0.510. The van der Waals surface area contributed by atoms with E-state index in [2.05, 4.69) is 5.32 Å². The summed E-state index contributed by atoms with van der Waals surface area (Å²) in [7, 11) is 1.57. The van der Waals surface area contributed by atoms with E-state index in [-0.39, 0.29) is 10.7 Å². The highest BCUT2D eigenvalue weighted by atomic mass is 35.5. The molecule has 110 valence electrons. The molecule has 0 radical (unpaired) electrons. The molecule has 21 heavy (non-hydrogen) atoms. The summed E-state index contributed by atoms with van der Waals surface area (Å²) in [5, 5.41) is 14.6. The fourth-order valence-electron chi connectivity index (χ4n) is 1.77. The molecule has 0 amide bonds. The van der Waals surface area contributed by atoms with E-state index in [0.717, 1.165) is 5.56 Å². The van der Waals surface area contributed by atoms with Crippen molar-refractivity contribution in [2.45, 2.75) is 6.54 Å². The number of nitrogens with one attached hydrogen (secondary N) is 1. The number of halogens is 2. The van der Waals surface area contributed by atoms with Gasteiger partial charge in [0.25, 0.3) is 5.69 Å². The first-order valence-electron chi connectivity index (χ1n) is 6.01. The van der Waals surface area contributed by atoms with Gasteiger partial charge in [-0.05, 0) is 23.8 Å². The van der Waals surface area contributed by atoms with Crippen molar-refractivity contribution in [1.82, 2.24) is 0 Å². The van der Waals surface area contributed by atoms with Crippen molar-refractivity contribution >= 4 is 34.6 Å². The standard InChI is InChI=1S/C14H12Cl2N2O3/c1-21-10-3-5-11(15)13(7-10)17-8-9-2-4-12(16)14(6-9)18(19)20/h2-7,17H,8H2,1H3. The van der Waals surface area contributed by atoms with Gasteiger partial charge in [0.05, 0.1) is 22.7 Å². The largest absolute Gasteiger partial charge is 0.497 e. The van der Waals surface area contributed by atoms with Crippen LogP contribution >= 0.6 is 23.2 Å². The number of nitro groups is 1. The minimum absolute atomic E-state index is 0.114. The van der Waals surface area contributed by atoms with Crippen LogP contribution in [-0.2, 0) is 6.54 Å². The summed E-state index contributed by atoms with van der Waals surface area (Å²) in [5.74, 6) is 0.670. The lowest BCUT2D eigenvalue weighted by molar-refractivity contribution is -0.384. The molecule has 0 saturated heterocycles. The van der Waals surface area contributed by atoms with Crippen LogP contribution < -0.4 is 10.1 Å². The van der Waals surface area contributed by atoms with E-state index in [1.807, 2.05) is 0 Å². The summed E-state index contributed by atoms with van der Waals surface area (Å²) in [4.78, 5) is 10.3. The first kappa shape index (κ1) is 15.4. The zero-order valence-electron chi connectivity index (χ0n) is 11.1. The Kier molecular flexibility index (Phi) is 4.88. The lowest BCUT2D eigenvalue weighted by Gasteiger charge is -2.10. The summed E-state index contributed by atoms with van der Waals surface area (Å²) in [6.07, 6.45) is 0. The van der Waals surface area contributed by atoms with Gasteiger partial charge in [-0.2, -0.15) is 0 Å². The maximum absolute atomic E-state index is 10.8. The molecule has 0 aliphatic rings. The third kappa shape index (κ3) is 3.77. The van der Waals surface area contributed by atoms with Gasteiger partial charge in [0.1, 0.15) is 10.8 Å². The number of anilines is 1. The van der Waals surface area contributed by atoms with E-state index in [4.69, 9.17) is 27.9 Å². The van der Waals surface area contributed by atoms with Crippen LogP contribution in [0.1, 0.15) is 5.56 Å². The third-order valence-electron chi connectivity index (χ3n) is 2.86. The number of hydrogen-bond acceptors (Lipinski definition) is 4. The van der Waals surface area contributed by atoms with Crippen molar-refractivity contribution in [1.29, 1.82) is 0 Å². The van der Waals surface area contributed by atoms with Crippen LogP contribution in [0.2, 0.25) is 10.0 Å². The average molecular weight is 327 g/mol. The Morgan fingerprint density at radius 3 is 2.57 bits per heavy atom. The summed E-state index contributed by atoms with van der Waals surface area (Å²) < 4.78 is 5.12. The minimum Gasteiger partial charge on any atom is -0.497 e. The van der Waals surface area contributed by atoms with Crippen molar-refractivity contribution in [3.63, 3.8) is 0 Å². The van der Waals surface area contributed by atoms with Crippen molar-refractivity contribution in [2.75, 3.05) is 12.4 Å². The Bertz CT molecular complexity index is 677. The first-order valence-corrected chi connectivity index (χ1v) is 6.77. The highest BCUT2D eigenvalue weighted by Gasteiger charge is 2.12. The summed E-state index contributed by atoms with van der Waals surface area (Å²) in [6.45, 7) is 0.380. The third-order valence-corrected chi connectivity index (χ3v) is 3.51. The number of hydrogen-bond donors (Lipinski definition) is 1. The number of methoxy groups -OCH3 is 1. The number of ether oxygens (including phenoxy) is 1. The average Bonchev–Trinajstić information content (AvgIpc) is 2.47. The van der Waals surface area contributed by atoms with Crippen LogP contribution in [0.4, 0.5) is 11.4 Å². The fourth-order valence-corrected chi connectivity index (χ4v) is 2.14. The van der Waals surface area contributed by atoms with E-state index >= 15 is 0 Å². The molecule has 0 heterocycles. The van der Waals surface area contributed by atoms with Crippen LogP contribution in [0.15, 0.2) is 36.4 Å². The molecule has 1 N–H and O–H groups in total. The van der Waals surface area contributed by atoms with Crippen molar-refractivity contribution in [3.05, 3.63) is 62.1 Å². The summed E-state index contributed by atoms with van der Waals surface area (Å²) in [6, 6.07) is 9.88. The Hall–Kier alpha value is -1.98. The number of nitro benzene ring substituents is 1. The Morgan fingerprint density at radius 1 is 1.19 bits per heavy atom. The van der Waals surface area contributed by atoms with Crippen molar-refractivity contribution in [3.8, 4) is 5.75 Å². The number of benzene rings is 2. The molecule has 2 aromatic carbocycles. The van der Waals surface area contributed by atoms with E-state index in [1.165, 1.54) is 12.1 Å². The topological polar surface area (TPSA) is 64.4 Å². The zero-order chi connectivity index (χ0) is 15.4. The Morgan fingerprint density at radius 2 is 1.90 bits per heavy atom. The number of rotatable bonds is 5. The maximum Gasteiger partial charge on any atom is 0.288 e. The van der Waals surface area contributed by atoms with Gasteiger partial charge in [-0.3, -0.25) is 10.1 Å². The molecule has 0 fully saturated rings. The fraction of sp³-hybridized carbons (Fsp3) is 0.143. The van der Waals surface area contributed by atoms with Crippen LogP contribution in [0.25, 0.3) is 0 Å². The first-order chi connectivity index (χ1) is 10.0. The smallest absolute Gasteiger partial charge is 0.288 e. The van der Waals surface area contributed by atoms with Gasteiger partial charge < -0.3 is 10.1 Å². The van der Waals surface area contributed by atoms with Gasteiger partial charge in [-0.25, -0.2) is 0 Å². The lowest BCUT2D eigenvalue weighted by Crippen LogP contribution is -2.01. The quantitative estimate of drug-likeness (QED) is 0.648. The van der Waals surface area contributed by atoms with E-state index < -0.39 is 4.92 Å². The van der Waals surface area contributed by atoms with Crippen LogP contribution in [0.3, 0.4) is 0 Å². The maximum atomic E-state index is 10.8. The van der Waals surface area contributed by atoms with Crippen LogP contribution in [-0.4, -0.2) is 12.0 Å². The van der Waals surface area contributed by atoms with E-state index in [9.17, 15) is 10.1 Å². The summed E-state index contributed by atoms with van der Waals surface area (Å²) >= 11 is 11.9. The molecule has 0 aromatic heterocycles. The molecule has 0 bridgehead atoms. The molecule has 5 nitrogen and oxygen atoms in total. The van der Waals surface area contributed by atoms with Crippen LogP contribution in [0.5, 0.6) is 5.75 Å². The van der Waals surface area contributed by atoms with E-state index in [1.54, 1.807) is 31.4 Å². The molecule has 0 spiro atoms. The van der Waals surface area contributed by atoms with Crippen molar-refractivity contribution < 1.29 is 9.66 Å². The molecule has 0 aliphatic heterocycles. The normalized spacial score (nSPS) is 10.2. The van der Waals surface area contributed by atoms with Gasteiger partial charge in [-0.1, -0.05) is 29.3 Å². The van der Waals surface area contributed by atoms with Gasteiger partial charge in [-0.15, -0.1) is 0 Å². The SMILES string of the molecule is COc1ccc(Cl)c(NCc2ccc(Cl)c([N+](=O)[O-])c2)c1. The van der Waals surface area contributed by atoms with Gasteiger partial charge >= 0.3 is 0 Å². The van der Waals surface area contributed by atoms with Gasteiger partial charge in [0, 0.05) is 18.7 Å². The van der Waals surface area contributed by atoms with E-state index in [0.29, 0.717) is 23.0 Å². The Balaban J connectivity index is 2.16. The lowest BCUT2D eigenvalue weighted by atomic mass is 10.2. The highest BCUT2D eigenvalue weighted by molar-refractivity contribution is 6.33. The summed E-state index contributed by atoms with van der Waals surface area (Å²) in [5.41, 5.74) is 1.30. The van der Waals surface area contributed by atoms with Gasteiger partial charge in [0.2, 0.25) is 0 Å². The molecule has 0 atom stereocenters. The molecular formula is C14H12Cl2N2O3.